The van der Waals surface area contributed by atoms with Crippen LogP contribution < -0.4 is 11.5 Å². The molecule has 0 saturated heterocycles. The summed E-state index contributed by atoms with van der Waals surface area (Å²) in [4.78, 5) is 51.8. The van der Waals surface area contributed by atoms with Gasteiger partial charge in [0.25, 0.3) is 13.1 Å². The van der Waals surface area contributed by atoms with Gasteiger partial charge >= 0.3 is 12.0 Å². The van der Waals surface area contributed by atoms with Crippen molar-refractivity contribution in [2.75, 3.05) is 18.1 Å². The maximum absolute atomic E-state index is 11.7. The van der Waals surface area contributed by atoms with E-state index in [1.54, 1.807) is 13.0 Å². The third-order valence-electron chi connectivity index (χ3n) is 7.56. The first-order valence-corrected chi connectivity index (χ1v) is 16.8. The fourth-order valence-electron chi connectivity index (χ4n) is 4.96. The molecule has 0 amide bonds. The zero-order chi connectivity index (χ0) is 44.2. The SMILES string of the molecule is N#Cc1cc(N)c(N)cc1C#N.[C-]#[N+]Cc1cc(CC#N)nc(C([N+]#[C-])C(=O)OCC)n1.[C-]#[N+]Cc1nc(CC#N)cc(C(C#N)c2nc3cc([N+]#[C-])c([N+]#[C-])cc3[nH]2)n1. The molecule has 20 nitrogen and oxygen atoms in total. The molecule has 2 aromatic carbocycles. The van der Waals surface area contributed by atoms with E-state index in [1.807, 2.05) is 24.3 Å². The molecule has 2 atom stereocenters. The van der Waals surface area contributed by atoms with E-state index in [0.717, 1.165) is 0 Å². The zero-order valence-electron chi connectivity index (χ0n) is 31.3. The van der Waals surface area contributed by atoms with Gasteiger partial charge < -0.3 is 30.9 Å². The Morgan fingerprint density at radius 3 is 1.87 bits per heavy atom. The Hall–Kier alpha value is -9.96. The molecule has 0 saturated carbocycles. The molecule has 20 heteroatoms. The molecule has 2 unspecified atom stereocenters. The van der Waals surface area contributed by atoms with E-state index in [9.17, 15) is 10.1 Å². The maximum Gasteiger partial charge on any atom is 0.398 e. The first kappa shape index (κ1) is 44.4. The van der Waals surface area contributed by atoms with Crippen molar-refractivity contribution in [3.8, 4) is 30.3 Å². The van der Waals surface area contributed by atoms with Gasteiger partial charge in [-0.25, -0.2) is 49.4 Å². The fourth-order valence-corrected chi connectivity index (χ4v) is 4.96. The summed E-state index contributed by atoms with van der Waals surface area (Å²) in [5.74, 6) is -1.11. The normalized spacial score (nSPS) is 10.3. The van der Waals surface area contributed by atoms with Crippen molar-refractivity contribution in [3.63, 3.8) is 0 Å². The van der Waals surface area contributed by atoms with Crippen molar-refractivity contribution in [2.45, 2.75) is 44.8 Å². The van der Waals surface area contributed by atoms with Gasteiger partial charge in [-0.1, -0.05) is 0 Å². The van der Waals surface area contributed by atoms with Crippen molar-refractivity contribution in [1.29, 1.82) is 26.3 Å². The van der Waals surface area contributed by atoms with Crippen molar-refractivity contribution in [3.05, 3.63) is 145 Å². The smallest absolute Gasteiger partial charge is 0.398 e. The zero-order valence-corrected chi connectivity index (χ0v) is 31.3. The number of H-pyrrole nitrogens is 1. The molecule has 5 aromatic rings. The number of nitrogens with one attached hydrogen (secondary N) is 1. The number of hydrogen-bond donors (Lipinski definition) is 3. The second-order valence-electron chi connectivity index (χ2n) is 11.5. The number of hydrogen-bond acceptors (Lipinski definition) is 14. The number of aromatic nitrogens is 6. The minimum absolute atomic E-state index is 0.00148. The highest BCUT2D eigenvalue weighted by atomic mass is 16.5. The summed E-state index contributed by atoms with van der Waals surface area (Å²) in [6.07, 6.45) is 0.0512. The van der Waals surface area contributed by atoms with Crippen LogP contribution in [0.5, 0.6) is 0 Å². The van der Waals surface area contributed by atoms with Crippen LogP contribution in [0, 0.1) is 89.5 Å². The molecule has 0 aliphatic rings. The molecule has 0 fully saturated rings. The number of nitrogen functional groups attached to an aromatic ring is 2. The van der Waals surface area contributed by atoms with Crippen LogP contribution in [0.2, 0.25) is 0 Å². The van der Waals surface area contributed by atoms with Crippen LogP contribution in [0.15, 0.2) is 36.4 Å². The first-order chi connectivity index (χ1) is 29.0. The lowest BCUT2D eigenvalue weighted by Crippen LogP contribution is -2.17. The van der Waals surface area contributed by atoms with E-state index in [1.165, 1.54) is 30.3 Å². The lowest BCUT2D eigenvalue weighted by Gasteiger charge is -2.07. The highest BCUT2D eigenvalue weighted by Gasteiger charge is 2.32. The maximum atomic E-state index is 11.7. The van der Waals surface area contributed by atoms with Gasteiger partial charge in [-0.2, -0.15) is 26.3 Å². The minimum atomic E-state index is -1.27. The molecule has 0 spiro atoms. The number of nitrogens with two attached hydrogens (primary N) is 2. The molecule has 3 heterocycles. The molecule has 0 bridgehead atoms. The van der Waals surface area contributed by atoms with E-state index < -0.39 is 17.9 Å². The topological polar surface area (TPSA) is 299 Å². The third kappa shape index (κ3) is 11.3. The summed E-state index contributed by atoms with van der Waals surface area (Å²) in [7, 11) is 0. The molecule has 5 N–H and O–H groups in total. The summed E-state index contributed by atoms with van der Waals surface area (Å²) in [5.41, 5.74) is 14.9. The van der Waals surface area contributed by atoms with Crippen LogP contribution in [0.3, 0.4) is 0 Å². The van der Waals surface area contributed by atoms with E-state index in [4.69, 9.17) is 70.1 Å². The number of rotatable bonds is 9. The Kier molecular flexibility index (Phi) is 16.2. The van der Waals surface area contributed by atoms with E-state index in [0.29, 0.717) is 51.0 Å². The van der Waals surface area contributed by atoms with Crippen LogP contribution in [-0.2, 0) is 35.5 Å². The Bertz CT molecular complexity index is 2720. The Morgan fingerprint density at radius 1 is 0.767 bits per heavy atom. The number of carbonyl (C=O) groups is 1. The number of nitrogens with zero attached hydrogens (tertiary/aromatic N) is 15. The first-order valence-electron chi connectivity index (χ1n) is 16.8. The Morgan fingerprint density at radius 2 is 1.35 bits per heavy atom. The quantitative estimate of drug-likeness (QED) is 0.0920. The van der Waals surface area contributed by atoms with Gasteiger partial charge in [0, 0.05) is 0 Å². The molecule has 288 valence electrons. The lowest BCUT2D eigenvalue weighted by atomic mass is 10.0. The second-order valence-corrected chi connectivity index (χ2v) is 11.5. The standard InChI is InChI=1S/C19H9N9.C13H11N5O2.C8H6N4/c1-22-10-18-25-11(4-5-20)6-13(26-18)12(9-21)19-27-16-7-14(23-2)15(24-3)8-17(16)28-19;1-4-20-13(19)11(16-3)12-17-9(5-6-14)7-10(18-12)8-15-2;9-3-5-1-7(11)8(12)2-6(5)4-10/h6-8,12H,4,10H2,(H,27,28);7,11H,4-5,8H2,1H3;1-2H,11-12H2. The number of imidazole rings is 1. The number of benzene rings is 2. The predicted octanol–water partition coefficient (Wildman–Crippen LogP) is 5.68. The number of anilines is 2. The summed E-state index contributed by atoms with van der Waals surface area (Å²) >= 11 is 0. The molecular weight excluding hydrogens is 765 g/mol. The van der Waals surface area contributed by atoms with E-state index in [-0.39, 0.29) is 66.7 Å². The van der Waals surface area contributed by atoms with Crippen molar-refractivity contribution < 1.29 is 9.53 Å². The lowest BCUT2D eigenvalue weighted by molar-refractivity contribution is -0.143. The highest BCUT2D eigenvalue weighted by molar-refractivity contribution is 5.88. The van der Waals surface area contributed by atoms with Gasteiger partial charge in [-0.05, 0) is 43.3 Å². The molecule has 60 heavy (non-hydrogen) atoms. The molecule has 0 aliphatic carbocycles. The van der Waals surface area contributed by atoms with E-state index in [2.05, 4.69) is 60.2 Å². The fraction of sp³-hybridized carbons (Fsp3) is 0.200. The van der Waals surface area contributed by atoms with Crippen LogP contribution >= 0.6 is 0 Å². The highest BCUT2D eigenvalue weighted by Crippen LogP contribution is 2.33. The molecular formula is C40H26N18O2. The minimum Gasteiger partial charge on any atom is -0.460 e. The largest absolute Gasteiger partial charge is 0.460 e. The van der Waals surface area contributed by atoms with Crippen LogP contribution in [0.25, 0.3) is 35.3 Å². The monoisotopic (exact) mass is 790 g/mol. The van der Waals surface area contributed by atoms with Gasteiger partial charge in [0.15, 0.2) is 11.4 Å². The van der Waals surface area contributed by atoms with Crippen molar-refractivity contribution in [2.24, 2.45) is 0 Å². The second kappa shape index (κ2) is 21.8. The average molecular weight is 791 g/mol. The van der Waals surface area contributed by atoms with Crippen molar-refractivity contribution in [1.82, 2.24) is 29.9 Å². The van der Waals surface area contributed by atoms with Gasteiger partial charge in [0.2, 0.25) is 11.6 Å². The van der Waals surface area contributed by atoms with Crippen LogP contribution in [-0.4, -0.2) is 42.5 Å². The van der Waals surface area contributed by atoms with Gasteiger partial charge in [-0.15, -0.1) is 0 Å². The number of aromatic amines is 1. The number of ether oxygens (including phenoxy) is 1. The summed E-state index contributed by atoms with van der Waals surface area (Å²) in [5, 5.41) is 44.5. The number of esters is 1. The van der Waals surface area contributed by atoms with Gasteiger partial charge in [0.1, 0.15) is 29.6 Å². The van der Waals surface area contributed by atoms with Gasteiger partial charge in [-0.3, -0.25) is 14.5 Å². The van der Waals surface area contributed by atoms with Crippen molar-refractivity contribution >= 4 is 39.8 Å². The predicted molar refractivity (Wildman–Crippen MR) is 210 cm³/mol. The third-order valence-corrected chi connectivity index (χ3v) is 7.56. The number of fused-ring (bicyclic) bond motifs is 1. The summed E-state index contributed by atoms with van der Waals surface area (Å²) < 4.78 is 4.79. The Balaban J connectivity index is 0.000000262. The molecule has 0 aliphatic heterocycles. The summed E-state index contributed by atoms with van der Waals surface area (Å²) in [6, 6.07) is 17.4. The van der Waals surface area contributed by atoms with Crippen LogP contribution in [0.1, 0.15) is 70.3 Å². The number of nitriles is 5. The Labute approximate surface area is 342 Å². The molecule has 5 rings (SSSR count). The summed E-state index contributed by atoms with van der Waals surface area (Å²) in [6.45, 7) is 37.0. The van der Waals surface area contributed by atoms with E-state index >= 15 is 0 Å². The molecule has 0 radical (unpaired) electrons. The molecule has 3 aromatic heterocycles. The van der Waals surface area contributed by atoms with Crippen LogP contribution in [0.4, 0.5) is 22.7 Å². The van der Waals surface area contributed by atoms with Gasteiger partial charge in [0.05, 0.1) is 101 Å². The number of carbonyl (C=O) groups excluding carboxylic acids is 1. The average Bonchev–Trinajstić information content (AvgIpc) is 3.65.